The van der Waals surface area contributed by atoms with Gasteiger partial charge in [0.2, 0.25) is 0 Å². The number of nitrogens with one attached hydrogen (secondary N) is 1. The topological polar surface area (TPSA) is 21.3 Å². The summed E-state index contributed by atoms with van der Waals surface area (Å²) < 4.78 is 5.77. The molecule has 2 aromatic carbocycles. The zero-order valence-corrected chi connectivity index (χ0v) is 14.4. The summed E-state index contributed by atoms with van der Waals surface area (Å²) in [5.41, 5.74) is 2.17. The SMILES string of the molecule is CC[C@@H](C)NCc1ccc(OCc2ccc(Cl)cc2Cl)cc1. The lowest BCUT2D eigenvalue weighted by Crippen LogP contribution is -2.24. The number of hydrogen-bond acceptors (Lipinski definition) is 2. The third-order valence-corrected chi connectivity index (χ3v) is 4.19. The van der Waals surface area contributed by atoms with Gasteiger partial charge in [-0.15, -0.1) is 0 Å². The van der Waals surface area contributed by atoms with Gasteiger partial charge < -0.3 is 10.1 Å². The van der Waals surface area contributed by atoms with Crippen molar-refractivity contribution in [2.45, 2.75) is 39.5 Å². The fourth-order valence-electron chi connectivity index (χ4n) is 1.94. The van der Waals surface area contributed by atoms with Crippen molar-refractivity contribution in [2.75, 3.05) is 0 Å². The van der Waals surface area contributed by atoms with Crippen molar-refractivity contribution in [1.82, 2.24) is 5.32 Å². The molecule has 0 bridgehead atoms. The molecule has 1 N–H and O–H groups in total. The molecule has 0 amide bonds. The number of hydrogen-bond donors (Lipinski definition) is 1. The van der Waals surface area contributed by atoms with Crippen molar-refractivity contribution in [3.8, 4) is 5.75 Å². The quantitative estimate of drug-likeness (QED) is 0.724. The summed E-state index contributed by atoms with van der Waals surface area (Å²) in [5.74, 6) is 0.832. The van der Waals surface area contributed by atoms with E-state index in [2.05, 4.69) is 31.3 Å². The first-order valence-corrected chi connectivity index (χ1v) is 8.23. The second-order valence-corrected chi connectivity index (χ2v) is 6.20. The van der Waals surface area contributed by atoms with Crippen LogP contribution in [0.4, 0.5) is 0 Å². The number of halogens is 2. The Hall–Kier alpha value is -1.22. The summed E-state index contributed by atoms with van der Waals surface area (Å²) in [5, 5.41) is 4.73. The Morgan fingerprint density at radius 1 is 1.09 bits per heavy atom. The van der Waals surface area contributed by atoms with E-state index in [9.17, 15) is 0 Å². The molecule has 0 spiro atoms. The van der Waals surface area contributed by atoms with Crippen molar-refractivity contribution >= 4 is 23.2 Å². The lowest BCUT2D eigenvalue weighted by Gasteiger charge is -2.12. The molecule has 0 saturated carbocycles. The lowest BCUT2D eigenvalue weighted by atomic mass is 10.2. The molecular weight excluding hydrogens is 317 g/mol. The first-order valence-electron chi connectivity index (χ1n) is 7.47. The van der Waals surface area contributed by atoms with Crippen LogP contribution in [0.5, 0.6) is 5.75 Å². The van der Waals surface area contributed by atoms with Gasteiger partial charge >= 0.3 is 0 Å². The average Bonchev–Trinajstić information content (AvgIpc) is 2.52. The van der Waals surface area contributed by atoms with Crippen LogP contribution in [0.3, 0.4) is 0 Å². The molecule has 0 fully saturated rings. The van der Waals surface area contributed by atoms with E-state index in [1.54, 1.807) is 6.07 Å². The molecule has 4 heteroatoms. The molecule has 118 valence electrons. The van der Waals surface area contributed by atoms with Crippen LogP contribution >= 0.6 is 23.2 Å². The Morgan fingerprint density at radius 2 is 1.82 bits per heavy atom. The van der Waals surface area contributed by atoms with E-state index in [-0.39, 0.29) is 0 Å². The van der Waals surface area contributed by atoms with Crippen LogP contribution in [0.25, 0.3) is 0 Å². The Kier molecular flexibility index (Phi) is 6.56. The first-order chi connectivity index (χ1) is 10.6. The van der Waals surface area contributed by atoms with Gasteiger partial charge in [-0.25, -0.2) is 0 Å². The Morgan fingerprint density at radius 3 is 2.45 bits per heavy atom. The molecule has 0 aromatic heterocycles. The fourth-order valence-corrected chi connectivity index (χ4v) is 2.40. The normalized spacial score (nSPS) is 12.2. The van der Waals surface area contributed by atoms with E-state index in [1.807, 2.05) is 24.3 Å². The molecule has 0 aliphatic carbocycles. The second kappa shape index (κ2) is 8.42. The summed E-state index contributed by atoms with van der Waals surface area (Å²) >= 11 is 12.0. The predicted molar refractivity (Wildman–Crippen MR) is 93.8 cm³/mol. The van der Waals surface area contributed by atoms with Gasteiger partial charge in [-0.05, 0) is 43.2 Å². The summed E-state index contributed by atoms with van der Waals surface area (Å²) in [6.07, 6.45) is 1.13. The molecule has 0 saturated heterocycles. The highest BCUT2D eigenvalue weighted by Gasteiger charge is 2.03. The van der Waals surface area contributed by atoms with Crippen LogP contribution in [-0.2, 0) is 13.2 Å². The summed E-state index contributed by atoms with van der Waals surface area (Å²) in [6, 6.07) is 14.1. The van der Waals surface area contributed by atoms with Crippen LogP contribution in [0.2, 0.25) is 10.0 Å². The molecule has 2 aromatic rings. The van der Waals surface area contributed by atoms with E-state index in [4.69, 9.17) is 27.9 Å². The Balaban J connectivity index is 1.88. The van der Waals surface area contributed by atoms with Gasteiger partial charge in [-0.2, -0.15) is 0 Å². The molecule has 0 aliphatic heterocycles. The summed E-state index contributed by atoms with van der Waals surface area (Å²) in [4.78, 5) is 0. The minimum Gasteiger partial charge on any atom is -0.489 e. The monoisotopic (exact) mass is 337 g/mol. The number of rotatable bonds is 7. The van der Waals surface area contributed by atoms with E-state index >= 15 is 0 Å². The molecule has 0 unspecified atom stereocenters. The molecule has 0 aliphatic rings. The van der Waals surface area contributed by atoms with Gasteiger partial charge in [0.25, 0.3) is 0 Å². The molecule has 2 nitrogen and oxygen atoms in total. The maximum atomic E-state index is 6.13. The van der Waals surface area contributed by atoms with Gasteiger partial charge in [0.15, 0.2) is 0 Å². The largest absolute Gasteiger partial charge is 0.489 e. The van der Waals surface area contributed by atoms with Crippen LogP contribution in [-0.4, -0.2) is 6.04 Å². The van der Waals surface area contributed by atoms with E-state index in [1.165, 1.54) is 5.56 Å². The Labute approximate surface area is 142 Å². The molecule has 22 heavy (non-hydrogen) atoms. The highest BCUT2D eigenvalue weighted by molar-refractivity contribution is 6.35. The van der Waals surface area contributed by atoms with Gasteiger partial charge in [0.1, 0.15) is 12.4 Å². The minimum atomic E-state index is 0.431. The van der Waals surface area contributed by atoms with E-state index < -0.39 is 0 Å². The second-order valence-electron chi connectivity index (χ2n) is 5.36. The van der Waals surface area contributed by atoms with Crippen molar-refractivity contribution < 1.29 is 4.74 Å². The molecule has 0 radical (unpaired) electrons. The maximum absolute atomic E-state index is 6.13. The van der Waals surface area contributed by atoms with E-state index in [0.29, 0.717) is 22.7 Å². The van der Waals surface area contributed by atoms with Crippen LogP contribution in [0, 0.1) is 0 Å². The van der Waals surface area contributed by atoms with Crippen molar-refractivity contribution in [2.24, 2.45) is 0 Å². The first kappa shape index (κ1) is 17.1. The van der Waals surface area contributed by atoms with Crippen molar-refractivity contribution in [3.63, 3.8) is 0 Å². The maximum Gasteiger partial charge on any atom is 0.119 e. The van der Waals surface area contributed by atoms with E-state index in [0.717, 1.165) is 24.3 Å². The van der Waals surface area contributed by atoms with Gasteiger partial charge in [-0.3, -0.25) is 0 Å². The van der Waals surface area contributed by atoms with Gasteiger partial charge in [0, 0.05) is 28.2 Å². The Bertz CT molecular complexity index is 599. The summed E-state index contributed by atoms with van der Waals surface area (Å²) in [6.45, 7) is 5.67. The predicted octanol–water partition coefficient (Wildman–Crippen LogP) is 5.46. The van der Waals surface area contributed by atoms with Gasteiger partial charge in [0.05, 0.1) is 0 Å². The molecule has 1 atom stereocenters. The minimum absolute atomic E-state index is 0.431. The molecular formula is C18H21Cl2NO. The highest BCUT2D eigenvalue weighted by atomic mass is 35.5. The standard InChI is InChI=1S/C18H21Cl2NO/c1-3-13(2)21-11-14-4-8-17(9-5-14)22-12-15-6-7-16(19)10-18(15)20/h4-10,13,21H,3,11-12H2,1-2H3/t13-/m1/s1. The number of benzene rings is 2. The van der Waals surface area contributed by atoms with Crippen molar-refractivity contribution in [1.29, 1.82) is 0 Å². The third kappa shape index (κ3) is 5.20. The number of ether oxygens (including phenoxy) is 1. The average molecular weight is 338 g/mol. The van der Waals surface area contributed by atoms with Crippen molar-refractivity contribution in [3.05, 3.63) is 63.6 Å². The smallest absolute Gasteiger partial charge is 0.119 e. The lowest BCUT2D eigenvalue weighted by molar-refractivity contribution is 0.306. The van der Waals surface area contributed by atoms with Crippen LogP contribution < -0.4 is 10.1 Å². The van der Waals surface area contributed by atoms with Crippen LogP contribution in [0.1, 0.15) is 31.4 Å². The summed E-state index contributed by atoms with van der Waals surface area (Å²) in [7, 11) is 0. The highest BCUT2D eigenvalue weighted by Crippen LogP contribution is 2.22. The fraction of sp³-hybridized carbons (Fsp3) is 0.333. The zero-order chi connectivity index (χ0) is 15.9. The zero-order valence-electron chi connectivity index (χ0n) is 12.9. The van der Waals surface area contributed by atoms with Crippen LogP contribution in [0.15, 0.2) is 42.5 Å². The van der Waals surface area contributed by atoms with Gasteiger partial charge in [-0.1, -0.05) is 48.3 Å². The molecule has 2 rings (SSSR count). The third-order valence-electron chi connectivity index (χ3n) is 3.60. The molecule has 0 heterocycles.